The molecule has 94 valence electrons. The summed E-state index contributed by atoms with van der Waals surface area (Å²) < 4.78 is 6.47. The molecule has 2 aliphatic rings. The number of allylic oxidation sites excluding steroid dienone is 1. The molecule has 3 rings (SSSR count). The third kappa shape index (κ3) is 1.71. The highest BCUT2D eigenvalue weighted by molar-refractivity contribution is 9.10. The lowest BCUT2D eigenvalue weighted by atomic mass is 9.81. The third-order valence-electron chi connectivity index (χ3n) is 3.56. The molecule has 1 atom stereocenters. The first-order valence-corrected chi connectivity index (χ1v) is 6.78. The quantitative estimate of drug-likeness (QED) is 0.867. The molecule has 3 nitrogen and oxygen atoms in total. The third-order valence-corrected chi connectivity index (χ3v) is 4.08. The first-order chi connectivity index (χ1) is 8.61. The van der Waals surface area contributed by atoms with Crippen LogP contribution < -0.4 is 0 Å². The zero-order valence-electron chi connectivity index (χ0n) is 9.78. The number of benzene rings is 1. The Morgan fingerprint density at radius 1 is 1.22 bits per heavy atom. The number of ketones is 1. The van der Waals surface area contributed by atoms with Crippen molar-refractivity contribution in [2.45, 2.75) is 24.9 Å². The van der Waals surface area contributed by atoms with Crippen LogP contribution in [0.4, 0.5) is 0 Å². The van der Waals surface area contributed by atoms with Gasteiger partial charge in [0.25, 0.3) is 0 Å². The summed E-state index contributed by atoms with van der Waals surface area (Å²) >= 11 is 3.36. The van der Waals surface area contributed by atoms with Gasteiger partial charge < -0.3 is 9.84 Å². The van der Waals surface area contributed by atoms with Crippen LogP contribution in [0.15, 0.2) is 40.1 Å². The number of hydrogen-bond donors (Lipinski definition) is 1. The minimum absolute atomic E-state index is 0.0131. The van der Waals surface area contributed by atoms with Gasteiger partial charge in [0.2, 0.25) is 0 Å². The van der Waals surface area contributed by atoms with Gasteiger partial charge in [-0.2, -0.15) is 0 Å². The fourth-order valence-electron chi connectivity index (χ4n) is 2.64. The molecule has 0 amide bonds. The van der Waals surface area contributed by atoms with E-state index in [0.717, 1.165) is 17.3 Å². The van der Waals surface area contributed by atoms with E-state index in [4.69, 9.17) is 4.74 Å². The van der Waals surface area contributed by atoms with Gasteiger partial charge >= 0.3 is 0 Å². The van der Waals surface area contributed by atoms with E-state index in [1.807, 2.05) is 24.3 Å². The molecular weight excluding hydrogens is 296 g/mol. The van der Waals surface area contributed by atoms with Crippen LogP contribution in [0.2, 0.25) is 0 Å². The van der Waals surface area contributed by atoms with Gasteiger partial charge in [0.1, 0.15) is 12.4 Å². The second-order valence-corrected chi connectivity index (χ2v) is 5.65. The number of hydrogen-bond acceptors (Lipinski definition) is 3. The molecule has 1 aliphatic carbocycles. The van der Waals surface area contributed by atoms with Crippen molar-refractivity contribution in [3.63, 3.8) is 0 Å². The van der Waals surface area contributed by atoms with Crippen LogP contribution in [0, 0.1) is 0 Å². The molecule has 0 saturated carbocycles. The Kier molecular flexibility index (Phi) is 2.79. The number of halogens is 1. The van der Waals surface area contributed by atoms with Gasteiger partial charge in [0, 0.05) is 17.3 Å². The lowest BCUT2D eigenvalue weighted by Crippen LogP contribution is -2.33. The van der Waals surface area contributed by atoms with E-state index in [2.05, 4.69) is 15.9 Å². The van der Waals surface area contributed by atoms with Gasteiger partial charge in [0.05, 0.1) is 5.57 Å². The molecule has 0 radical (unpaired) electrons. The van der Waals surface area contributed by atoms with Gasteiger partial charge in [0.15, 0.2) is 11.4 Å². The highest BCUT2D eigenvalue weighted by Gasteiger charge is 2.46. The lowest BCUT2D eigenvalue weighted by Gasteiger charge is -2.25. The van der Waals surface area contributed by atoms with Gasteiger partial charge in [-0.1, -0.05) is 28.1 Å². The molecule has 0 spiro atoms. The topological polar surface area (TPSA) is 46.5 Å². The molecule has 1 aromatic carbocycles. The molecule has 1 N–H and O–H groups in total. The van der Waals surface area contributed by atoms with Crippen molar-refractivity contribution in [3.8, 4) is 0 Å². The number of aliphatic hydroxyl groups is 1. The van der Waals surface area contributed by atoms with E-state index in [1.165, 1.54) is 0 Å². The summed E-state index contributed by atoms with van der Waals surface area (Å²) in [5, 5.41) is 10.8. The van der Waals surface area contributed by atoms with E-state index in [9.17, 15) is 9.90 Å². The van der Waals surface area contributed by atoms with Gasteiger partial charge in [-0.25, -0.2) is 0 Å². The van der Waals surface area contributed by atoms with Crippen molar-refractivity contribution in [2.24, 2.45) is 0 Å². The Balaban J connectivity index is 2.07. The largest absolute Gasteiger partial charge is 0.494 e. The Morgan fingerprint density at radius 2 is 1.94 bits per heavy atom. The fourth-order valence-corrected chi connectivity index (χ4v) is 2.90. The average molecular weight is 309 g/mol. The molecule has 0 saturated heterocycles. The molecule has 4 heteroatoms. The maximum Gasteiger partial charge on any atom is 0.165 e. The predicted molar refractivity (Wildman–Crippen MR) is 69.9 cm³/mol. The highest BCUT2D eigenvalue weighted by Crippen LogP contribution is 2.43. The molecular formula is C14H13BrO3. The summed E-state index contributed by atoms with van der Waals surface area (Å²) in [6.07, 6.45) is 2.06. The molecule has 18 heavy (non-hydrogen) atoms. The van der Waals surface area contributed by atoms with Crippen molar-refractivity contribution >= 4 is 21.7 Å². The summed E-state index contributed by atoms with van der Waals surface area (Å²) in [7, 11) is 0. The molecule has 0 unspecified atom stereocenters. The van der Waals surface area contributed by atoms with Crippen molar-refractivity contribution in [1.29, 1.82) is 0 Å². The zero-order chi connectivity index (χ0) is 12.8. The average Bonchev–Trinajstić information content (AvgIpc) is 2.70. The highest BCUT2D eigenvalue weighted by atomic mass is 79.9. The Morgan fingerprint density at radius 3 is 2.67 bits per heavy atom. The van der Waals surface area contributed by atoms with Crippen LogP contribution in [0.1, 0.15) is 24.8 Å². The SMILES string of the molecule is O=C1CCCC2=C1[C@](O)(c1ccc(Br)cc1)CO2. The molecule has 0 aromatic heterocycles. The van der Waals surface area contributed by atoms with Gasteiger partial charge in [-0.3, -0.25) is 4.79 Å². The standard InChI is InChI=1S/C14H13BrO3/c15-10-6-4-9(5-7-10)14(17)8-18-12-3-1-2-11(16)13(12)14/h4-7,17H,1-3,8H2/t14-/m1/s1. The normalized spacial score (nSPS) is 27.1. The molecule has 1 aliphatic heterocycles. The number of rotatable bonds is 1. The monoisotopic (exact) mass is 308 g/mol. The van der Waals surface area contributed by atoms with Crippen LogP contribution in [-0.2, 0) is 15.1 Å². The predicted octanol–water partition coefficient (Wildman–Crippen LogP) is 2.67. The van der Waals surface area contributed by atoms with Crippen molar-refractivity contribution in [2.75, 3.05) is 6.61 Å². The number of carbonyl (C=O) groups excluding carboxylic acids is 1. The van der Waals surface area contributed by atoms with Crippen molar-refractivity contribution in [3.05, 3.63) is 45.6 Å². The van der Waals surface area contributed by atoms with Crippen LogP contribution in [-0.4, -0.2) is 17.5 Å². The fraction of sp³-hybridized carbons (Fsp3) is 0.357. The minimum Gasteiger partial charge on any atom is -0.494 e. The van der Waals surface area contributed by atoms with E-state index in [0.29, 0.717) is 23.3 Å². The molecule has 0 bridgehead atoms. The maximum atomic E-state index is 12.0. The number of carbonyl (C=O) groups is 1. The van der Waals surface area contributed by atoms with Gasteiger partial charge in [-0.05, 0) is 24.1 Å². The first-order valence-electron chi connectivity index (χ1n) is 5.99. The summed E-state index contributed by atoms with van der Waals surface area (Å²) in [4.78, 5) is 12.0. The second-order valence-electron chi connectivity index (χ2n) is 4.73. The molecule has 0 fully saturated rings. The summed E-state index contributed by atoms with van der Waals surface area (Å²) in [6, 6.07) is 7.37. The van der Waals surface area contributed by atoms with Crippen LogP contribution >= 0.6 is 15.9 Å². The Labute approximate surface area is 114 Å². The van der Waals surface area contributed by atoms with E-state index >= 15 is 0 Å². The summed E-state index contributed by atoms with van der Waals surface area (Å²) in [6.45, 7) is 0.144. The van der Waals surface area contributed by atoms with Crippen LogP contribution in [0.5, 0.6) is 0 Å². The molecule has 1 heterocycles. The van der Waals surface area contributed by atoms with Crippen LogP contribution in [0.3, 0.4) is 0 Å². The van der Waals surface area contributed by atoms with Crippen molar-refractivity contribution < 1.29 is 14.6 Å². The maximum absolute atomic E-state index is 12.0. The summed E-state index contributed by atoms with van der Waals surface area (Å²) in [5.41, 5.74) is -0.0879. The van der Waals surface area contributed by atoms with E-state index < -0.39 is 5.60 Å². The Hall–Kier alpha value is -1.13. The van der Waals surface area contributed by atoms with E-state index in [1.54, 1.807) is 0 Å². The van der Waals surface area contributed by atoms with E-state index in [-0.39, 0.29) is 12.4 Å². The van der Waals surface area contributed by atoms with Crippen molar-refractivity contribution in [1.82, 2.24) is 0 Å². The Bertz CT molecular complexity index is 532. The number of ether oxygens (including phenoxy) is 1. The lowest BCUT2D eigenvalue weighted by molar-refractivity contribution is -0.118. The zero-order valence-corrected chi connectivity index (χ0v) is 11.4. The first kappa shape index (κ1) is 11.9. The second kappa shape index (κ2) is 4.21. The molecule has 1 aromatic rings. The number of Topliss-reactive ketones (excluding diaryl/α,β-unsaturated/α-hetero) is 1. The summed E-state index contributed by atoms with van der Waals surface area (Å²) in [5.74, 6) is 0.691. The smallest absolute Gasteiger partial charge is 0.165 e. The minimum atomic E-state index is -1.27. The van der Waals surface area contributed by atoms with Gasteiger partial charge in [-0.15, -0.1) is 0 Å². The van der Waals surface area contributed by atoms with Crippen LogP contribution in [0.25, 0.3) is 0 Å².